The summed E-state index contributed by atoms with van der Waals surface area (Å²) in [5.74, 6) is 1.70. The molecule has 3 nitrogen and oxygen atoms in total. The van der Waals surface area contributed by atoms with Crippen LogP contribution in [0.25, 0.3) is 0 Å². The molecule has 1 aromatic rings. The second kappa shape index (κ2) is 3.96. The Balaban J connectivity index is 2.03. The van der Waals surface area contributed by atoms with E-state index in [-0.39, 0.29) is 0 Å². The minimum absolute atomic E-state index is 0.295. The molecule has 14 heavy (non-hydrogen) atoms. The van der Waals surface area contributed by atoms with Crippen molar-refractivity contribution in [1.82, 2.24) is 4.98 Å². The Morgan fingerprint density at radius 1 is 1.57 bits per heavy atom. The summed E-state index contributed by atoms with van der Waals surface area (Å²) in [5, 5.41) is 0. The van der Waals surface area contributed by atoms with Gasteiger partial charge in [0.25, 0.3) is 0 Å². The molecular formula is C11H17N3. The number of rotatable bonds is 2. The molecule has 1 aliphatic rings. The van der Waals surface area contributed by atoms with Gasteiger partial charge in [0.1, 0.15) is 5.82 Å². The fourth-order valence-electron chi connectivity index (χ4n) is 1.97. The molecule has 2 atom stereocenters. The zero-order valence-electron chi connectivity index (χ0n) is 8.56. The maximum Gasteiger partial charge on any atom is 0.128 e. The minimum Gasteiger partial charge on any atom is -0.356 e. The van der Waals surface area contributed by atoms with Crippen LogP contribution in [0.4, 0.5) is 5.82 Å². The number of anilines is 1. The molecule has 2 unspecified atom stereocenters. The van der Waals surface area contributed by atoms with Crippen molar-refractivity contribution in [2.45, 2.75) is 19.4 Å². The molecule has 1 fully saturated rings. The van der Waals surface area contributed by atoms with Gasteiger partial charge in [0.2, 0.25) is 0 Å². The van der Waals surface area contributed by atoms with E-state index in [9.17, 15) is 0 Å². The Hall–Kier alpha value is -1.09. The Labute approximate surface area is 84.9 Å². The largest absolute Gasteiger partial charge is 0.356 e. The van der Waals surface area contributed by atoms with E-state index in [0.29, 0.717) is 12.0 Å². The summed E-state index contributed by atoms with van der Waals surface area (Å²) < 4.78 is 0. The average molecular weight is 191 g/mol. The molecule has 0 bridgehead atoms. The normalized spacial score (nSPS) is 23.9. The number of hydrogen-bond donors (Lipinski definition) is 1. The molecule has 1 aromatic heterocycles. The summed E-state index contributed by atoms with van der Waals surface area (Å²) >= 11 is 0. The smallest absolute Gasteiger partial charge is 0.128 e. The number of nitrogens with zero attached hydrogens (tertiary/aromatic N) is 2. The average Bonchev–Trinajstić information content (AvgIpc) is 2.68. The van der Waals surface area contributed by atoms with Crippen LogP contribution < -0.4 is 10.6 Å². The van der Waals surface area contributed by atoms with Crippen molar-refractivity contribution in [3.05, 3.63) is 24.4 Å². The van der Waals surface area contributed by atoms with Gasteiger partial charge in [0.15, 0.2) is 0 Å². The van der Waals surface area contributed by atoms with Gasteiger partial charge < -0.3 is 10.6 Å². The van der Waals surface area contributed by atoms with Gasteiger partial charge in [0, 0.05) is 25.3 Å². The second-order valence-electron chi connectivity index (χ2n) is 4.04. The van der Waals surface area contributed by atoms with Gasteiger partial charge in [-0.05, 0) is 31.4 Å². The van der Waals surface area contributed by atoms with Crippen LogP contribution in [0.5, 0.6) is 0 Å². The second-order valence-corrected chi connectivity index (χ2v) is 4.04. The lowest BCUT2D eigenvalue weighted by atomic mass is 10.0. The molecular weight excluding hydrogens is 174 g/mol. The Morgan fingerprint density at radius 2 is 2.43 bits per heavy atom. The summed E-state index contributed by atoms with van der Waals surface area (Å²) in [6, 6.07) is 6.33. The van der Waals surface area contributed by atoms with Gasteiger partial charge in [0.05, 0.1) is 0 Å². The van der Waals surface area contributed by atoms with Crippen molar-refractivity contribution >= 4 is 5.82 Å². The van der Waals surface area contributed by atoms with Crippen LogP contribution in [-0.2, 0) is 0 Å². The van der Waals surface area contributed by atoms with Gasteiger partial charge in [-0.25, -0.2) is 4.98 Å². The number of aromatic nitrogens is 1. The topological polar surface area (TPSA) is 42.1 Å². The van der Waals surface area contributed by atoms with Crippen molar-refractivity contribution in [1.29, 1.82) is 0 Å². The van der Waals surface area contributed by atoms with E-state index in [2.05, 4.69) is 22.9 Å². The summed E-state index contributed by atoms with van der Waals surface area (Å²) in [7, 11) is 0. The van der Waals surface area contributed by atoms with Crippen LogP contribution in [-0.4, -0.2) is 24.1 Å². The molecule has 2 N–H and O–H groups in total. The number of nitrogens with two attached hydrogens (primary N) is 1. The quantitative estimate of drug-likeness (QED) is 0.765. The summed E-state index contributed by atoms with van der Waals surface area (Å²) in [4.78, 5) is 6.65. The minimum atomic E-state index is 0.295. The van der Waals surface area contributed by atoms with Crippen LogP contribution in [0, 0.1) is 5.92 Å². The number of hydrogen-bond acceptors (Lipinski definition) is 3. The third-order valence-corrected chi connectivity index (χ3v) is 2.94. The fourth-order valence-corrected chi connectivity index (χ4v) is 1.97. The van der Waals surface area contributed by atoms with Gasteiger partial charge in [-0.3, -0.25) is 0 Å². The maximum absolute atomic E-state index is 5.89. The molecule has 0 radical (unpaired) electrons. The summed E-state index contributed by atoms with van der Waals surface area (Å²) in [6.07, 6.45) is 3.03. The Morgan fingerprint density at radius 3 is 3.00 bits per heavy atom. The molecule has 0 spiro atoms. The van der Waals surface area contributed by atoms with Crippen molar-refractivity contribution in [2.75, 3.05) is 18.0 Å². The van der Waals surface area contributed by atoms with Gasteiger partial charge in [-0.15, -0.1) is 0 Å². The third-order valence-electron chi connectivity index (χ3n) is 2.94. The highest BCUT2D eigenvalue weighted by Crippen LogP contribution is 2.22. The first-order chi connectivity index (χ1) is 6.77. The monoisotopic (exact) mass is 191 g/mol. The zero-order valence-corrected chi connectivity index (χ0v) is 8.56. The standard InChI is InChI=1S/C11H17N3/c1-9(12)10-5-7-14(8-10)11-4-2-3-6-13-11/h2-4,6,9-10H,5,7-8,12H2,1H3. The lowest BCUT2D eigenvalue weighted by molar-refractivity contribution is 0.488. The van der Waals surface area contributed by atoms with Crippen molar-refractivity contribution in [3.63, 3.8) is 0 Å². The zero-order chi connectivity index (χ0) is 9.97. The van der Waals surface area contributed by atoms with E-state index < -0.39 is 0 Å². The fraction of sp³-hybridized carbons (Fsp3) is 0.545. The maximum atomic E-state index is 5.89. The molecule has 2 heterocycles. The van der Waals surface area contributed by atoms with Gasteiger partial charge >= 0.3 is 0 Å². The molecule has 0 saturated carbocycles. The molecule has 0 aromatic carbocycles. The Kier molecular flexibility index (Phi) is 2.68. The van der Waals surface area contributed by atoms with Crippen LogP contribution in [0.3, 0.4) is 0 Å². The highest BCUT2D eigenvalue weighted by molar-refractivity contribution is 5.39. The first kappa shape index (κ1) is 9.46. The van der Waals surface area contributed by atoms with Crippen LogP contribution >= 0.6 is 0 Å². The Bertz CT molecular complexity index is 284. The van der Waals surface area contributed by atoms with Gasteiger partial charge in [-0.2, -0.15) is 0 Å². The van der Waals surface area contributed by atoms with E-state index in [1.807, 2.05) is 18.3 Å². The van der Waals surface area contributed by atoms with Crippen molar-refractivity contribution < 1.29 is 0 Å². The van der Waals surface area contributed by atoms with E-state index in [1.165, 1.54) is 6.42 Å². The molecule has 2 rings (SSSR count). The highest BCUT2D eigenvalue weighted by Gasteiger charge is 2.25. The molecule has 0 aliphatic carbocycles. The predicted octanol–water partition coefficient (Wildman–Crippen LogP) is 1.26. The summed E-state index contributed by atoms with van der Waals surface area (Å²) in [6.45, 7) is 4.23. The lowest BCUT2D eigenvalue weighted by Gasteiger charge is -2.18. The summed E-state index contributed by atoms with van der Waals surface area (Å²) in [5.41, 5.74) is 5.89. The first-order valence-electron chi connectivity index (χ1n) is 5.19. The third kappa shape index (κ3) is 1.87. The van der Waals surface area contributed by atoms with E-state index in [1.54, 1.807) is 0 Å². The molecule has 3 heteroatoms. The van der Waals surface area contributed by atoms with Gasteiger partial charge in [-0.1, -0.05) is 6.07 Å². The molecule has 1 aliphatic heterocycles. The van der Waals surface area contributed by atoms with Crippen LogP contribution in [0.2, 0.25) is 0 Å². The van der Waals surface area contributed by atoms with E-state index in [0.717, 1.165) is 18.9 Å². The molecule has 76 valence electrons. The lowest BCUT2D eigenvalue weighted by Crippen LogP contribution is -2.29. The SMILES string of the molecule is CC(N)C1CCN(c2ccccn2)C1. The van der Waals surface area contributed by atoms with E-state index in [4.69, 9.17) is 5.73 Å². The number of pyridine rings is 1. The van der Waals surface area contributed by atoms with Crippen molar-refractivity contribution in [2.24, 2.45) is 11.7 Å². The molecule has 1 saturated heterocycles. The van der Waals surface area contributed by atoms with Crippen LogP contribution in [0.1, 0.15) is 13.3 Å². The van der Waals surface area contributed by atoms with Crippen LogP contribution in [0.15, 0.2) is 24.4 Å². The predicted molar refractivity (Wildman–Crippen MR) is 58.2 cm³/mol. The first-order valence-corrected chi connectivity index (χ1v) is 5.19. The van der Waals surface area contributed by atoms with E-state index >= 15 is 0 Å². The molecule has 0 amide bonds. The van der Waals surface area contributed by atoms with Crippen molar-refractivity contribution in [3.8, 4) is 0 Å². The highest BCUT2D eigenvalue weighted by atomic mass is 15.2.